The Morgan fingerprint density at radius 3 is 2.70 bits per heavy atom. The Balaban J connectivity index is 0.00000264. The van der Waals surface area contributed by atoms with Crippen LogP contribution in [0.5, 0.6) is 0 Å². The van der Waals surface area contributed by atoms with Gasteiger partial charge in [0.05, 0.1) is 12.7 Å². The number of halogens is 1. The van der Waals surface area contributed by atoms with Crippen LogP contribution in [0.25, 0.3) is 0 Å². The maximum absolute atomic E-state index is 12.2. The Hall–Kier alpha value is -1.59. The molecule has 6 heteroatoms. The first kappa shape index (κ1) is 19.5. The van der Waals surface area contributed by atoms with Gasteiger partial charge in [-0.2, -0.15) is 0 Å². The monoisotopic (exact) mass is 340 g/mol. The zero-order valence-corrected chi connectivity index (χ0v) is 14.4. The van der Waals surface area contributed by atoms with Gasteiger partial charge in [-0.25, -0.2) is 4.79 Å². The van der Waals surface area contributed by atoms with Crippen molar-refractivity contribution in [1.82, 2.24) is 5.32 Å². The van der Waals surface area contributed by atoms with Crippen LogP contribution in [0.15, 0.2) is 24.3 Å². The molecule has 128 valence electrons. The fourth-order valence-corrected chi connectivity index (χ4v) is 2.93. The van der Waals surface area contributed by atoms with Crippen LogP contribution in [0.3, 0.4) is 0 Å². The highest BCUT2D eigenvalue weighted by Crippen LogP contribution is 2.24. The number of ether oxygens (including phenoxy) is 1. The van der Waals surface area contributed by atoms with E-state index in [0.29, 0.717) is 29.5 Å². The standard InChI is InChI=1S/C17H24N2O3.ClH/c1-12(13-6-8-18-9-7-13)10-16(20)19-15-5-3-4-14(11-15)17(21)22-2;/h3-5,11-13,18H,6-10H2,1-2H3,(H,19,20);1H. The number of rotatable bonds is 5. The molecule has 0 spiro atoms. The highest BCUT2D eigenvalue weighted by atomic mass is 35.5. The highest BCUT2D eigenvalue weighted by molar-refractivity contribution is 5.94. The number of amides is 1. The number of piperidine rings is 1. The number of nitrogens with one attached hydrogen (secondary N) is 2. The van der Waals surface area contributed by atoms with Crippen molar-refractivity contribution in [2.75, 3.05) is 25.5 Å². The molecule has 1 atom stereocenters. The fraction of sp³-hybridized carbons (Fsp3) is 0.529. The van der Waals surface area contributed by atoms with E-state index in [4.69, 9.17) is 0 Å². The van der Waals surface area contributed by atoms with E-state index in [9.17, 15) is 9.59 Å². The van der Waals surface area contributed by atoms with Crippen molar-refractivity contribution < 1.29 is 14.3 Å². The third kappa shape index (κ3) is 5.84. The summed E-state index contributed by atoms with van der Waals surface area (Å²) in [4.78, 5) is 23.7. The molecule has 2 N–H and O–H groups in total. The number of esters is 1. The highest BCUT2D eigenvalue weighted by Gasteiger charge is 2.22. The summed E-state index contributed by atoms with van der Waals surface area (Å²) in [6.07, 6.45) is 2.77. The number of hydrogen-bond acceptors (Lipinski definition) is 4. The predicted molar refractivity (Wildman–Crippen MR) is 93.0 cm³/mol. The van der Waals surface area contributed by atoms with Gasteiger partial charge in [-0.3, -0.25) is 4.79 Å². The van der Waals surface area contributed by atoms with Crippen molar-refractivity contribution >= 4 is 30.0 Å². The van der Waals surface area contributed by atoms with Gasteiger partial charge in [0.2, 0.25) is 5.91 Å². The molecule has 23 heavy (non-hydrogen) atoms. The molecule has 1 saturated heterocycles. The quantitative estimate of drug-likeness (QED) is 0.809. The third-order valence-corrected chi connectivity index (χ3v) is 4.26. The van der Waals surface area contributed by atoms with Gasteiger partial charge in [0.15, 0.2) is 0 Å². The van der Waals surface area contributed by atoms with Crippen LogP contribution >= 0.6 is 12.4 Å². The smallest absolute Gasteiger partial charge is 0.337 e. The second-order valence-electron chi connectivity index (χ2n) is 5.89. The summed E-state index contributed by atoms with van der Waals surface area (Å²) >= 11 is 0. The van der Waals surface area contributed by atoms with Gasteiger partial charge in [0.1, 0.15) is 0 Å². The second-order valence-corrected chi connectivity index (χ2v) is 5.89. The van der Waals surface area contributed by atoms with Crippen molar-refractivity contribution in [3.63, 3.8) is 0 Å². The second kappa shape index (κ2) is 9.53. The predicted octanol–water partition coefficient (Wildman–Crippen LogP) is 2.86. The van der Waals surface area contributed by atoms with Crippen molar-refractivity contribution in [2.45, 2.75) is 26.2 Å². The molecule has 1 aliphatic rings. The van der Waals surface area contributed by atoms with Crippen LogP contribution in [0.2, 0.25) is 0 Å². The van der Waals surface area contributed by atoms with E-state index >= 15 is 0 Å². The summed E-state index contributed by atoms with van der Waals surface area (Å²) in [5.41, 5.74) is 1.07. The van der Waals surface area contributed by atoms with Gasteiger partial charge in [-0.05, 0) is 56.0 Å². The molecule has 0 radical (unpaired) electrons. The molecule has 1 aliphatic heterocycles. The lowest BCUT2D eigenvalue weighted by Crippen LogP contribution is -2.32. The van der Waals surface area contributed by atoms with Crippen LogP contribution in [0.4, 0.5) is 5.69 Å². The van der Waals surface area contributed by atoms with E-state index in [-0.39, 0.29) is 18.3 Å². The molecule has 0 saturated carbocycles. The van der Waals surface area contributed by atoms with Gasteiger partial charge < -0.3 is 15.4 Å². The van der Waals surface area contributed by atoms with Crippen molar-refractivity contribution in [3.8, 4) is 0 Å². The van der Waals surface area contributed by atoms with E-state index in [1.54, 1.807) is 24.3 Å². The van der Waals surface area contributed by atoms with E-state index in [0.717, 1.165) is 25.9 Å². The van der Waals surface area contributed by atoms with Gasteiger partial charge in [0.25, 0.3) is 0 Å². The number of methoxy groups -OCH3 is 1. The molecule has 1 heterocycles. The lowest BCUT2D eigenvalue weighted by molar-refractivity contribution is -0.117. The molecule has 1 amide bonds. The number of carbonyl (C=O) groups excluding carboxylic acids is 2. The van der Waals surface area contributed by atoms with Crippen LogP contribution in [-0.4, -0.2) is 32.1 Å². The lowest BCUT2D eigenvalue weighted by atomic mass is 9.84. The topological polar surface area (TPSA) is 67.4 Å². The summed E-state index contributed by atoms with van der Waals surface area (Å²) < 4.78 is 4.68. The molecule has 0 bridgehead atoms. The van der Waals surface area contributed by atoms with Gasteiger partial charge in [-0.15, -0.1) is 12.4 Å². The summed E-state index contributed by atoms with van der Waals surface area (Å²) in [5, 5.41) is 6.21. The molecule has 1 aromatic carbocycles. The van der Waals surface area contributed by atoms with Crippen LogP contribution in [0, 0.1) is 11.8 Å². The van der Waals surface area contributed by atoms with Crippen molar-refractivity contribution in [2.24, 2.45) is 11.8 Å². The first-order valence-electron chi connectivity index (χ1n) is 7.79. The van der Waals surface area contributed by atoms with Gasteiger partial charge in [-0.1, -0.05) is 13.0 Å². The average Bonchev–Trinajstić information content (AvgIpc) is 2.55. The summed E-state index contributed by atoms with van der Waals surface area (Å²) in [5.74, 6) is 0.562. The van der Waals surface area contributed by atoms with Crippen molar-refractivity contribution in [1.29, 1.82) is 0 Å². The van der Waals surface area contributed by atoms with E-state index in [1.165, 1.54) is 7.11 Å². The average molecular weight is 341 g/mol. The zero-order valence-electron chi connectivity index (χ0n) is 13.6. The molecule has 1 fully saturated rings. The molecule has 1 unspecified atom stereocenters. The summed E-state index contributed by atoms with van der Waals surface area (Å²) in [7, 11) is 1.34. The molecular formula is C17H25ClN2O3. The maximum atomic E-state index is 12.2. The minimum absolute atomic E-state index is 0. The Morgan fingerprint density at radius 2 is 2.04 bits per heavy atom. The van der Waals surface area contributed by atoms with E-state index < -0.39 is 5.97 Å². The Bertz CT molecular complexity index is 530. The molecular weight excluding hydrogens is 316 g/mol. The number of anilines is 1. The first-order valence-corrected chi connectivity index (χ1v) is 7.79. The maximum Gasteiger partial charge on any atom is 0.337 e. The molecule has 1 aromatic rings. The Morgan fingerprint density at radius 1 is 1.35 bits per heavy atom. The van der Waals surface area contributed by atoms with Gasteiger partial charge >= 0.3 is 5.97 Å². The molecule has 0 aliphatic carbocycles. The normalized spacial score (nSPS) is 16.1. The number of hydrogen-bond donors (Lipinski definition) is 2. The first-order chi connectivity index (χ1) is 10.6. The van der Waals surface area contributed by atoms with E-state index in [2.05, 4.69) is 22.3 Å². The lowest BCUT2D eigenvalue weighted by Gasteiger charge is -2.27. The fourth-order valence-electron chi connectivity index (χ4n) is 2.93. The van der Waals surface area contributed by atoms with Crippen molar-refractivity contribution in [3.05, 3.63) is 29.8 Å². The third-order valence-electron chi connectivity index (χ3n) is 4.26. The van der Waals surface area contributed by atoms with Crippen LogP contribution < -0.4 is 10.6 Å². The van der Waals surface area contributed by atoms with Crippen LogP contribution in [0.1, 0.15) is 36.5 Å². The van der Waals surface area contributed by atoms with E-state index in [1.807, 2.05) is 0 Å². The zero-order chi connectivity index (χ0) is 15.9. The number of carbonyl (C=O) groups is 2. The number of benzene rings is 1. The summed E-state index contributed by atoms with van der Waals surface area (Å²) in [6.45, 7) is 4.22. The molecule has 2 rings (SSSR count). The van der Waals surface area contributed by atoms with Crippen LogP contribution in [-0.2, 0) is 9.53 Å². The summed E-state index contributed by atoms with van der Waals surface area (Å²) in [6, 6.07) is 6.82. The minimum Gasteiger partial charge on any atom is -0.465 e. The SMILES string of the molecule is COC(=O)c1cccc(NC(=O)CC(C)C2CCNCC2)c1.Cl. The largest absolute Gasteiger partial charge is 0.465 e. The minimum atomic E-state index is -0.404. The molecule has 0 aromatic heterocycles. The Kier molecular flexibility index (Phi) is 8.06. The molecule has 5 nitrogen and oxygen atoms in total. The Labute approximate surface area is 143 Å². The van der Waals surface area contributed by atoms with Gasteiger partial charge in [0, 0.05) is 12.1 Å².